The molecule has 0 saturated heterocycles. The zero-order valence-corrected chi connectivity index (χ0v) is 64.8. The van der Waals surface area contributed by atoms with Crippen molar-refractivity contribution in [3.8, 4) is 0 Å². The van der Waals surface area contributed by atoms with Crippen LogP contribution >= 0.6 is 15.6 Å². The fourth-order valence-corrected chi connectivity index (χ4v) is 11.6. The second kappa shape index (κ2) is 75.1. The molecular weight excluding hydrogens is 1310 g/mol. The Kier molecular flexibility index (Phi) is 71.7. The summed E-state index contributed by atoms with van der Waals surface area (Å²) < 4.78 is 61.1. The van der Waals surface area contributed by atoms with E-state index in [-0.39, 0.29) is 19.3 Å². The summed E-state index contributed by atoms with van der Waals surface area (Å²) in [5, 5.41) is 20.6. The van der Waals surface area contributed by atoms with Gasteiger partial charge in [-0.25, -0.2) is 9.13 Å². The highest BCUT2D eigenvalue weighted by Gasteiger charge is 2.29. The summed E-state index contributed by atoms with van der Waals surface area (Å²) in [7, 11) is -9.81. The zero-order valence-electron chi connectivity index (χ0n) is 63.0. The molecule has 0 radical (unpaired) electrons. The summed E-state index contributed by atoms with van der Waals surface area (Å²) >= 11 is 0. The Bertz CT molecular complexity index is 2420. The van der Waals surface area contributed by atoms with Gasteiger partial charge in [-0.3, -0.25) is 32.5 Å². The molecule has 0 heterocycles. The van der Waals surface area contributed by atoms with Crippen molar-refractivity contribution in [1.29, 1.82) is 0 Å². The van der Waals surface area contributed by atoms with Gasteiger partial charge in [-0.2, -0.15) is 0 Å². The van der Waals surface area contributed by atoms with E-state index in [0.29, 0.717) is 19.3 Å². The number of aliphatic hydroxyl groups excluding tert-OH is 2. The minimum absolute atomic E-state index is 0.0833. The molecule has 0 aliphatic heterocycles. The van der Waals surface area contributed by atoms with Gasteiger partial charge < -0.3 is 34.2 Å². The molecule has 0 aliphatic rings. The van der Waals surface area contributed by atoms with Crippen LogP contribution in [0, 0.1) is 0 Å². The third-order valence-electron chi connectivity index (χ3n) is 16.0. The maximum absolute atomic E-state index is 13.0. The lowest BCUT2D eigenvalue weighted by Gasteiger charge is -2.21. The standard InChI is InChI=1S/C83H140O16P2/c1-4-7-10-13-16-19-22-25-28-31-34-35-36-37-38-39-40-41-44-46-48-51-54-57-60-63-66-69-81(86)93-72-78(84)73-95-100(89,90)96-74-79(85)75-97-101(91,92)98-77-80(99-83(88)71-68-65-62-59-56-53-50-47-43-33-30-27-24-21-18-15-12-9-6-3)76-94-82(87)70-67-64-61-58-55-52-49-45-42-32-29-26-23-20-17-14-11-8-5-2/h7,10,16-21,25-30,34-35,37-38,40-43,45,47,78-80,84-85H,4-6,8-9,11-15,22-24,31-33,36,39,44,46,48-77H2,1-3H3,(H,89,90)(H,91,92)/b10-7-,19-16-,20-17-,21-18-,28-25-,29-26-,30-27-,35-34-,38-37-,41-40-,45-42-,47-43-. The molecule has 0 aliphatic carbocycles. The van der Waals surface area contributed by atoms with Gasteiger partial charge in [0.05, 0.1) is 26.4 Å². The van der Waals surface area contributed by atoms with Gasteiger partial charge in [-0.1, -0.05) is 282 Å². The van der Waals surface area contributed by atoms with Gasteiger partial charge in [0.15, 0.2) is 6.10 Å². The monoisotopic (exact) mass is 1450 g/mol. The summed E-state index contributed by atoms with van der Waals surface area (Å²) in [5.41, 5.74) is 0. The lowest BCUT2D eigenvalue weighted by molar-refractivity contribution is -0.161. The molecule has 0 fully saturated rings. The van der Waals surface area contributed by atoms with Crippen LogP contribution in [0.1, 0.15) is 303 Å². The zero-order chi connectivity index (χ0) is 73.7. The predicted octanol–water partition coefficient (Wildman–Crippen LogP) is 22.9. The second-order valence-corrected chi connectivity index (χ2v) is 28.7. The van der Waals surface area contributed by atoms with Crippen LogP contribution in [0.5, 0.6) is 0 Å². The average Bonchev–Trinajstić information content (AvgIpc) is 3.19. The maximum Gasteiger partial charge on any atom is 0.472 e. The number of phosphoric ester groups is 2. The van der Waals surface area contributed by atoms with Gasteiger partial charge in [0.25, 0.3) is 0 Å². The summed E-state index contributed by atoms with van der Waals surface area (Å²) in [6, 6.07) is 0. The summed E-state index contributed by atoms with van der Waals surface area (Å²) in [4.78, 5) is 58.7. The van der Waals surface area contributed by atoms with Crippen LogP contribution in [-0.4, -0.2) is 95.9 Å². The topological polar surface area (TPSA) is 231 Å². The Morgan fingerprint density at radius 3 is 0.832 bits per heavy atom. The second-order valence-electron chi connectivity index (χ2n) is 25.8. The number of carbonyl (C=O) groups is 3. The lowest BCUT2D eigenvalue weighted by atomic mass is 10.1. The number of esters is 3. The van der Waals surface area contributed by atoms with E-state index in [1.165, 1.54) is 57.8 Å². The summed E-state index contributed by atoms with van der Waals surface area (Å²) in [6.45, 7) is 2.47. The van der Waals surface area contributed by atoms with Crippen molar-refractivity contribution < 1.29 is 75.8 Å². The fourth-order valence-electron chi connectivity index (χ4n) is 10.1. The first-order chi connectivity index (χ1) is 49.2. The Hall–Kier alpha value is -4.57. The minimum atomic E-state index is -4.94. The van der Waals surface area contributed by atoms with Gasteiger partial charge in [0.1, 0.15) is 25.4 Å². The van der Waals surface area contributed by atoms with Gasteiger partial charge in [-0.05, 0) is 148 Å². The molecule has 5 atom stereocenters. The first-order valence-electron chi connectivity index (χ1n) is 39.1. The Labute approximate surface area is 613 Å². The van der Waals surface area contributed by atoms with Crippen molar-refractivity contribution >= 4 is 33.6 Å². The quantitative estimate of drug-likeness (QED) is 0.0146. The molecule has 0 rings (SSSR count). The molecule has 4 N–H and O–H groups in total. The van der Waals surface area contributed by atoms with Crippen LogP contribution in [0.15, 0.2) is 146 Å². The molecule has 5 unspecified atom stereocenters. The van der Waals surface area contributed by atoms with E-state index < -0.39 is 91.5 Å². The molecule has 0 amide bonds. The highest BCUT2D eigenvalue weighted by atomic mass is 31.2. The molecule has 0 aromatic rings. The Morgan fingerprint density at radius 2 is 0.525 bits per heavy atom. The molecule has 101 heavy (non-hydrogen) atoms. The van der Waals surface area contributed by atoms with Gasteiger partial charge in [0.2, 0.25) is 0 Å². The largest absolute Gasteiger partial charge is 0.472 e. The van der Waals surface area contributed by atoms with Crippen LogP contribution in [0.4, 0.5) is 0 Å². The highest BCUT2D eigenvalue weighted by Crippen LogP contribution is 2.45. The first-order valence-corrected chi connectivity index (χ1v) is 42.1. The maximum atomic E-state index is 13.0. The number of allylic oxidation sites excluding steroid dienone is 24. The van der Waals surface area contributed by atoms with Gasteiger partial charge in [-0.15, -0.1) is 0 Å². The highest BCUT2D eigenvalue weighted by molar-refractivity contribution is 7.47. The molecule has 18 heteroatoms. The average molecular weight is 1460 g/mol. The Balaban J connectivity index is 4.65. The van der Waals surface area contributed by atoms with Crippen molar-refractivity contribution in [3.05, 3.63) is 146 Å². The molecule has 0 aromatic carbocycles. The summed E-state index contributed by atoms with van der Waals surface area (Å²) in [5.74, 6) is -1.61. The van der Waals surface area contributed by atoms with E-state index >= 15 is 0 Å². The SMILES string of the molecule is CC/C=C\C/C=C\C/C=C\C/C=C\C/C=C\C/C=C\CCCCCCCCCCC(=O)OCC(O)COP(=O)(O)OCC(O)COP(=O)(O)OCC(COC(=O)CCCCCCCC/C=C\C/C=C\C/C=C\CCCCC)OC(=O)CCCCCCCC/C=C\C/C=C\C/C=C\CCCCC. The number of carbonyl (C=O) groups excluding carboxylic acids is 3. The lowest BCUT2D eigenvalue weighted by Crippen LogP contribution is -2.30. The number of aliphatic hydroxyl groups is 2. The first kappa shape index (κ1) is 96.4. The Morgan fingerprint density at radius 1 is 0.287 bits per heavy atom. The fraction of sp³-hybridized carbons (Fsp3) is 0.675. The third-order valence-corrected chi connectivity index (χ3v) is 17.9. The van der Waals surface area contributed by atoms with E-state index in [4.69, 9.17) is 32.3 Å². The van der Waals surface area contributed by atoms with Crippen molar-refractivity contribution in [2.75, 3.05) is 39.6 Å². The molecular formula is C83H140O16P2. The summed E-state index contributed by atoms with van der Waals surface area (Å²) in [6.07, 6.45) is 91.6. The smallest absolute Gasteiger partial charge is 0.463 e. The van der Waals surface area contributed by atoms with E-state index in [9.17, 15) is 43.5 Å². The van der Waals surface area contributed by atoms with Crippen LogP contribution in [0.25, 0.3) is 0 Å². The van der Waals surface area contributed by atoms with E-state index in [0.717, 1.165) is 186 Å². The predicted molar refractivity (Wildman–Crippen MR) is 417 cm³/mol. The van der Waals surface area contributed by atoms with Crippen LogP contribution in [0.2, 0.25) is 0 Å². The van der Waals surface area contributed by atoms with Gasteiger partial charge in [0, 0.05) is 19.3 Å². The van der Waals surface area contributed by atoms with Crippen LogP contribution in [0.3, 0.4) is 0 Å². The molecule has 0 spiro atoms. The molecule has 0 bridgehead atoms. The molecule has 0 aromatic heterocycles. The van der Waals surface area contributed by atoms with Crippen molar-refractivity contribution in [2.45, 2.75) is 322 Å². The number of unbranched alkanes of at least 4 members (excludes halogenated alkanes) is 26. The van der Waals surface area contributed by atoms with Gasteiger partial charge >= 0.3 is 33.6 Å². The molecule has 578 valence electrons. The van der Waals surface area contributed by atoms with E-state index in [2.05, 4.69) is 167 Å². The normalized spacial score (nSPS) is 14.8. The number of ether oxygens (including phenoxy) is 3. The number of hydrogen-bond donors (Lipinski definition) is 4. The van der Waals surface area contributed by atoms with E-state index in [1.807, 2.05) is 0 Å². The van der Waals surface area contributed by atoms with E-state index in [1.54, 1.807) is 0 Å². The number of hydrogen-bond acceptors (Lipinski definition) is 14. The van der Waals surface area contributed by atoms with Crippen LogP contribution in [-0.2, 0) is 55.8 Å². The van der Waals surface area contributed by atoms with Crippen LogP contribution < -0.4 is 0 Å². The third kappa shape index (κ3) is 76.4. The molecule has 16 nitrogen and oxygen atoms in total. The minimum Gasteiger partial charge on any atom is -0.463 e. The number of phosphoric acid groups is 2. The number of rotatable bonds is 73. The molecule has 0 saturated carbocycles. The van der Waals surface area contributed by atoms with Crippen molar-refractivity contribution in [1.82, 2.24) is 0 Å². The van der Waals surface area contributed by atoms with Crippen molar-refractivity contribution in [3.63, 3.8) is 0 Å². The van der Waals surface area contributed by atoms with Crippen molar-refractivity contribution in [2.24, 2.45) is 0 Å².